The van der Waals surface area contributed by atoms with E-state index in [2.05, 4.69) is 152 Å². The van der Waals surface area contributed by atoms with E-state index in [1.54, 1.807) is 23.1 Å². The summed E-state index contributed by atoms with van der Waals surface area (Å²) in [6.45, 7) is 0. The number of benzene rings is 8. The Morgan fingerprint density at radius 1 is 0.529 bits per heavy atom. The Morgan fingerprint density at radius 3 is 1.86 bits per heavy atom. The van der Waals surface area contributed by atoms with Gasteiger partial charge in [-0.3, -0.25) is 4.98 Å². The molecule has 0 saturated carbocycles. The number of thioether (sulfide) groups is 1. The van der Waals surface area contributed by atoms with E-state index in [0.29, 0.717) is 0 Å². The second kappa shape index (κ2) is 14.7. The number of rotatable bonds is 4. The first-order valence-corrected chi connectivity index (χ1v) is 18.3. The molecule has 0 N–H and O–H groups in total. The molecule has 0 radical (unpaired) electrons. The Hall–Kier alpha value is -4.99. The second-order valence-corrected chi connectivity index (χ2v) is 14.2. The number of aromatic nitrogens is 1. The molecule has 2 heterocycles. The van der Waals surface area contributed by atoms with Crippen LogP contribution in [0.15, 0.2) is 175 Å². The van der Waals surface area contributed by atoms with Crippen LogP contribution in [0.3, 0.4) is 0 Å². The van der Waals surface area contributed by atoms with Crippen molar-refractivity contribution >= 4 is 60.5 Å². The van der Waals surface area contributed by atoms with Gasteiger partial charge < -0.3 is 5.32 Å². The van der Waals surface area contributed by atoms with Gasteiger partial charge in [-0.1, -0.05) is 137 Å². The number of hydrogen-bond donors (Lipinski definition) is 0. The Morgan fingerprint density at radius 2 is 1.12 bits per heavy atom. The van der Waals surface area contributed by atoms with Crippen molar-refractivity contribution in [2.75, 3.05) is 0 Å². The molecule has 1 unspecified atom stereocenters. The largest absolute Gasteiger partial charge is 0.670 e. The molecule has 1 aliphatic rings. The molecule has 0 amide bonds. The van der Waals surface area contributed by atoms with Crippen molar-refractivity contribution in [3.05, 3.63) is 193 Å². The first-order chi connectivity index (χ1) is 24.8. The smallest absolute Gasteiger partial charge is 0.0697 e. The molecule has 8 aromatic carbocycles. The van der Waals surface area contributed by atoms with Crippen LogP contribution >= 0.6 is 23.1 Å². The summed E-state index contributed by atoms with van der Waals surface area (Å²) in [4.78, 5) is 6.08. The van der Waals surface area contributed by atoms with Gasteiger partial charge in [-0.05, 0) is 44.6 Å². The van der Waals surface area contributed by atoms with Gasteiger partial charge in [0.25, 0.3) is 0 Å². The zero-order valence-corrected chi connectivity index (χ0v) is 31.2. The number of fused-ring (bicyclic) bond motifs is 4. The molecular weight excluding hydrogens is 840 g/mol. The number of hydrogen-bond acceptors (Lipinski definition) is 3. The molecule has 9 aromatic rings. The van der Waals surface area contributed by atoms with Crippen molar-refractivity contribution < 1.29 is 21.1 Å². The number of para-hydroxylation sites is 2. The van der Waals surface area contributed by atoms with E-state index < -0.39 is 0 Å². The Kier molecular flexibility index (Phi) is 9.56. The molecular formula is C46H29N2PtS2-3. The van der Waals surface area contributed by atoms with Crippen molar-refractivity contribution in [3.8, 4) is 32.8 Å². The van der Waals surface area contributed by atoms with Crippen LogP contribution in [-0.2, 0) is 21.1 Å². The normalized spacial score (nSPS) is 13.2. The summed E-state index contributed by atoms with van der Waals surface area (Å²) in [6.07, 6.45) is 0. The molecule has 5 heteroatoms. The minimum Gasteiger partial charge on any atom is -0.670 e. The van der Waals surface area contributed by atoms with E-state index in [9.17, 15) is 0 Å². The Bertz CT molecular complexity index is 2580. The van der Waals surface area contributed by atoms with Crippen LogP contribution in [0.4, 0.5) is 5.69 Å². The third-order valence-electron chi connectivity index (χ3n) is 9.02. The van der Waals surface area contributed by atoms with E-state index >= 15 is 0 Å². The van der Waals surface area contributed by atoms with Crippen LogP contribution in [0.1, 0.15) is 10.9 Å². The van der Waals surface area contributed by atoms with Gasteiger partial charge in [0.05, 0.1) is 5.52 Å². The average Bonchev–Trinajstić information content (AvgIpc) is 3.83. The van der Waals surface area contributed by atoms with Gasteiger partial charge in [0.1, 0.15) is 0 Å². The predicted molar refractivity (Wildman–Crippen MR) is 213 cm³/mol. The average molecular weight is 869 g/mol. The second-order valence-electron chi connectivity index (χ2n) is 12.1. The fourth-order valence-electron chi connectivity index (χ4n) is 6.69. The predicted octanol–water partition coefficient (Wildman–Crippen LogP) is 13.7. The maximum absolute atomic E-state index is 4.92. The number of thiazole rings is 1. The standard InChI is InChI=1S/C23H15NS.C23H14NS.Pt/c2*1-2-10-17-16(8-1)9-7-13-18(17)19-11-3-4-12-20(19)23-24-21-14-5-6-15-22(21)25-23;/h1-11,13-15,23H;1-11,13-15H;/q-2;-1;. The fraction of sp³-hybridized carbons (Fsp3) is 0.0217. The molecule has 0 saturated heterocycles. The van der Waals surface area contributed by atoms with Crippen molar-refractivity contribution in [1.82, 2.24) is 4.98 Å². The summed E-state index contributed by atoms with van der Waals surface area (Å²) in [6, 6.07) is 65.9. The van der Waals surface area contributed by atoms with Crippen LogP contribution < -0.4 is 0 Å². The topological polar surface area (TPSA) is 27.0 Å². The van der Waals surface area contributed by atoms with E-state index in [1.165, 1.54) is 53.4 Å². The first-order valence-electron chi connectivity index (χ1n) is 16.6. The van der Waals surface area contributed by atoms with Gasteiger partial charge in [0.15, 0.2) is 0 Å². The van der Waals surface area contributed by atoms with Crippen molar-refractivity contribution in [1.29, 1.82) is 0 Å². The van der Waals surface area contributed by atoms with Crippen molar-refractivity contribution in [2.24, 2.45) is 0 Å². The maximum Gasteiger partial charge on any atom is 0.0697 e. The Balaban J connectivity index is 0.000000144. The van der Waals surface area contributed by atoms with Gasteiger partial charge in [-0.2, -0.15) is 41.2 Å². The third-order valence-corrected chi connectivity index (χ3v) is 11.2. The third kappa shape index (κ3) is 6.52. The molecule has 1 aromatic heterocycles. The van der Waals surface area contributed by atoms with Gasteiger partial charge in [-0.25, -0.2) is 0 Å². The van der Waals surface area contributed by atoms with Crippen LogP contribution in [0.5, 0.6) is 0 Å². The van der Waals surface area contributed by atoms with Gasteiger partial charge >= 0.3 is 0 Å². The number of nitrogens with zero attached hydrogens (tertiary/aromatic N) is 2. The van der Waals surface area contributed by atoms with Gasteiger partial charge in [0.2, 0.25) is 0 Å². The summed E-state index contributed by atoms with van der Waals surface area (Å²) < 4.78 is 1.21. The molecule has 2 nitrogen and oxygen atoms in total. The first kappa shape index (κ1) is 33.2. The summed E-state index contributed by atoms with van der Waals surface area (Å²) in [5.74, 6) is 0. The van der Waals surface area contributed by atoms with Crippen LogP contribution in [-0.4, -0.2) is 4.98 Å². The zero-order chi connectivity index (χ0) is 33.3. The molecule has 51 heavy (non-hydrogen) atoms. The quantitative estimate of drug-likeness (QED) is 0.165. The summed E-state index contributed by atoms with van der Waals surface area (Å²) in [5, 5.41) is 11.0. The van der Waals surface area contributed by atoms with E-state index in [4.69, 9.17) is 10.3 Å². The van der Waals surface area contributed by atoms with Gasteiger partial charge in [-0.15, -0.1) is 52.8 Å². The summed E-state index contributed by atoms with van der Waals surface area (Å²) in [7, 11) is 0. The molecule has 1 atom stereocenters. The molecule has 0 spiro atoms. The zero-order valence-electron chi connectivity index (χ0n) is 27.3. The molecule has 10 rings (SSSR count). The Labute approximate surface area is 320 Å². The summed E-state index contributed by atoms with van der Waals surface area (Å²) in [5.41, 5.74) is 9.22. The summed E-state index contributed by atoms with van der Waals surface area (Å²) >= 11 is 3.53. The maximum atomic E-state index is 4.92. The van der Waals surface area contributed by atoms with Crippen molar-refractivity contribution in [3.63, 3.8) is 0 Å². The monoisotopic (exact) mass is 868 g/mol. The van der Waals surface area contributed by atoms with Gasteiger partial charge in [0, 0.05) is 30.8 Å². The molecule has 0 bridgehead atoms. The minimum absolute atomic E-state index is 0. The van der Waals surface area contributed by atoms with E-state index in [-0.39, 0.29) is 26.4 Å². The van der Waals surface area contributed by atoms with Crippen LogP contribution in [0.25, 0.3) is 69.9 Å². The fourth-order valence-corrected chi connectivity index (χ4v) is 8.79. The molecule has 248 valence electrons. The molecule has 0 aliphatic carbocycles. The van der Waals surface area contributed by atoms with Crippen LogP contribution in [0, 0.1) is 12.1 Å². The van der Waals surface area contributed by atoms with Crippen molar-refractivity contribution in [2.45, 2.75) is 10.3 Å². The molecule has 0 fully saturated rings. The van der Waals surface area contributed by atoms with E-state index in [0.717, 1.165) is 27.3 Å². The SMILES string of the molecule is [Pt].[c-]1cccc(-c2cccc3ccccc23)c1-c1nc2ccccc2s1.[c-]1cccc(-c2cccc3ccccc23)c1C1[N-]c2ccccc2S1. The van der Waals surface area contributed by atoms with E-state index in [1.807, 2.05) is 30.3 Å². The van der Waals surface area contributed by atoms with Crippen LogP contribution in [0.2, 0.25) is 0 Å². The minimum atomic E-state index is 0. The molecule has 1 aliphatic heterocycles.